The molecule has 4 nitrogen and oxygen atoms in total. The van der Waals surface area contributed by atoms with Crippen LogP contribution in [0.3, 0.4) is 0 Å². The van der Waals surface area contributed by atoms with Gasteiger partial charge in [-0.15, -0.1) is 11.3 Å². The minimum absolute atomic E-state index is 0.118. The van der Waals surface area contributed by atoms with Crippen LogP contribution in [0.5, 0.6) is 0 Å². The van der Waals surface area contributed by atoms with Gasteiger partial charge in [0.05, 0.1) is 5.69 Å². The van der Waals surface area contributed by atoms with Crippen molar-refractivity contribution in [1.82, 2.24) is 10.3 Å². The van der Waals surface area contributed by atoms with Crippen LogP contribution in [0, 0.1) is 20.8 Å². The van der Waals surface area contributed by atoms with Crippen molar-refractivity contribution in [3.05, 3.63) is 45.0 Å². The molecule has 1 aromatic carbocycles. The van der Waals surface area contributed by atoms with Gasteiger partial charge in [0.1, 0.15) is 0 Å². The molecule has 1 amide bonds. The smallest absolute Gasteiger partial charge is 0.361 e. The second kappa shape index (κ2) is 7.50. The molecule has 8 heteroatoms. The van der Waals surface area contributed by atoms with Crippen molar-refractivity contribution in [2.24, 2.45) is 0 Å². The minimum atomic E-state index is -4.85. The van der Waals surface area contributed by atoms with E-state index < -0.39 is 12.1 Å². The topological polar surface area (TPSA) is 54.0 Å². The highest BCUT2D eigenvalue weighted by molar-refractivity contribution is 7.15. The molecule has 1 aromatic heterocycles. The number of carbonyl (C=O) groups excluding carboxylic acids is 1. The largest absolute Gasteiger partial charge is 0.471 e. The van der Waals surface area contributed by atoms with Crippen molar-refractivity contribution in [3.8, 4) is 0 Å². The van der Waals surface area contributed by atoms with Crippen molar-refractivity contribution < 1.29 is 18.0 Å². The molecule has 0 saturated carbocycles. The Balaban J connectivity index is 1.67. The van der Waals surface area contributed by atoms with Gasteiger partial charge in [-0.3, -0.25) is 4.79 Å². The normalized spacial score (nSPS) is 16.3. The van der Waals surface area contributed by atoms with Crippen LogP contribution < -0.4 is 10.6 Å². The maximum Gasteiger partial charge on any atom is 0.471 e. The number of halogens is 3. The monoisotopic (exact) mass is 397 g/mol. The summed E-state index contributed by atoms with van der Waals surface area (Å²) in [5.74, 6) is -1.56. The van der Waals surface area contributed by atoms with E-state index in [0.717, 1.165) is 41.3 Å². The third kappa shape index (κ3) is 4.43. The van der Waals surface area contributed by atoms with E-state index in [2.05, 4.69) is 10.3 Å². The zero-order valence-corrected chi connectivity index (χ0v) is 16.3. The summed E-state index contributed by atoms with van der Waals surface area (Å²) in [6.45, 7) is 6.68. The summed E-state index contributed by atoms with van der Waals surface area (Å²) in [6, 6.07) is 3.78. The molecule has 0 aliphatic heterocycles. The Morgan fingerprint density at radius 1 is 1.30 bits per heavy atom. The van der Waals surface area contributed by atoms with E-state index in [4.69, 9.17) is 0 Å². The fourth-order valence-electron chi connectivity index (χ4n) is 3.56. The lowest BCUT2D eigenvalue weighted by Crippen LogP contribution is -2.36. The summed E-state index contributed by atoms with van der Waals surface area (Å²) in [5.41, 5.74) is 5.21. The van der Waals surface area contributed by atoms with Crippen molar-refractivity contribution in [1.29, 1.82) is 0 Å². The number of aryl methyl sites for hydroxylation is 4. The summed E-state index contributed by atoms with van der Waals surface area (Å²) in [7, 11) is 0. The van der Waals surface area contributed by atoms with E-state index in [9.17, 15) is 18.0 Å². The van der Waals surface area contributed by atoms with Gasteiger partial charge in [-0.1, -0.05) is 12.1 Å². The van der Waals surface area contributed by atoms with Crippen molar-refractivity contribution in [3.63, 3.8) is 0 Å². The number of benzene rings is 1. The van der Waals surface area contributed by atoms with Crippen LogP contribution in [0.15, 0.2) is 12.1 Å². The average molecular weight is 397 g/mol. The Kier molecular flexibility index (Phi) is 5.46. The van der Waals surface area contributed by atoms with E-state index in [1.54, 1.807) is 11.3 Å². The first-order valence-electron chi connectivity index (χ1n) is 8.80. The summed E-state index contributed by atoms with van der Waals surface area (Å²) >= 11 is 1.64. The number of amides is 1. The number of alkyl halides is 3. The molecule has 1 atom stereocenters. The summed E-state index contributed by atoms with van der Waals surface area (Å²) in [6.07, 6.45) is -2.97. The molecule has 27 heavy (non-hydrogen) atoms. The zero-order chi connectivity index (χ0) is 19.8. The quantitative estimate of drug-likeness (QED) is 0.787. The number of nitrogens with one attached hydrogen (secondary N) is 2. The summed E-state index contributed by atoms with van der Waals surface area (Å²) in [4.78, 5) is 16.7. The number of hydrogen-bond donors (Lipinski definition) is 2. The van der Waals surface area contributed by atoms with Crippen molar-refractivity contribution in [2.75, 3.05) is 11.9 Å². The molecular formula is C19H22F3N3OS. The molecule has 2 aromatic rings. The Hall–Kier alpha value is -2.09. The van der Waals surface area contributed by atoms with Gasteiger partial charge in [-0.05, 0) is 55.9 Å². The third-order valence-electron chi connectivity index (χ3n) is 4.94. The van der Waals surface area contributed by atoms with Gasteiger partial charge in [0.15, 0.2) is 5.13 Å². The molecule has 0 spiro atoms. The first kappa shape index (κ1) is 19.7. The second-order valence-corrected chi connectivity index (χ2v) is 8.15. The second-order valence-electron chi connectivity index (χ2n) is 6.94. The highest BCUT2D eigenvalue weighted by Crippen LogP contribution is 2.37. The molecule has 0 radical (unpaired) electrons. The fourth-order valence-corrected chi connectivity index (χ4v) is 4.39. The van der Waals surface area contributed by atoms with Crippen LogP contribution in [0.1, 0.15) is 45.2 Å². The lowest BCUT2D eigenvalue weighted by molar-refractivity contribution is -0.173. The number of hydrogen-bond acceptors (Lipinski definition) is 4. The Bertz CT molecular complexity index is 841. The average Bonchev–Trinajstić information content (AvgIpc) is 3.13. The molecule has 1 unspecified atom stereocenters. The third-order valence-corrected chi connectivity index (χ3v) is 5.97. The van der Waals surface area contributed by atoms with Gasteiger partial charge in [0, 0.05) is 23.9 Å². The maximum absolute atomic E-state index is 12.3. The number of carbonyl (C=O) groups is 1. The molecule has 0 fully saturated rings. The van der Waals surface area contributed by atoms with E-state index in [1.165, 1.54) is 10.4 Å². The lowest BCUT2D eigenvalue weighted by Gasteiger charge is -2.16. The number of aromatic nitrogens is 1. The highest BCUT2D eigenvalue weighted by Gasteiger charge is 2.38. The van der Waals surface area contributed by atoms with Crippen molar-refractivity contribution >= 4 is 22.4 Å². The summed E-state index contributed by atoms with van der Waals surface area (Å²) < 4.78 is 37.0. The molecule has 2 N–H and O–H groups in total. The maximum atomic E-state index is 12.3. The number of nitrogens with zero attached hydrogens (tertiary/aromatic N) is 1. The van der Waals surface area contributed by atoms with Crippen LogP contribution >= 0.6 is 11.3 Å². The molecule has 1 aliphatic rings. The van der Waals surface area contributed by atoms with Crippen LogP contribution in [0.4, 0.5) is 18.3 Å². The zero-order valence-electron chi connectivity index (χ0n) is 15.5. The first-order valence-corrected chi connectivity index (χ1v) is 9.62. The molecule has 146 valence electrons. The molecule has 0 bridgehead atoms. The minimum Gasteiger partial charge on any atom is -0.361 e. The van der Waals surface area contributed by atoms with E-state index in [0.29, 0.717) is 11.5 Å². The molecule has 3 rings (SSSR count). The lowest BCUT2D eigenvalue weighted by atomic mass is 9.94. The predicted molar refractivity (Wildman–Crippen MR) is 100 cm³/mol. The van der Waals surface area contributed by atoms with Gasteiger partial charge in [0.2, 0.25) is 0 Å². The van der Waals surface area contributed by atoms with Gasteiger partial charge in [-0.25, -0.2) is 4.98 Å². The Labute approximate surface area is 160 Å². The van der Waals surface area contributed by atoms with Gasteiger partial charge < -0.3 is 10.6 Å². The molecule has 0 saturated heterocycles. The predicted octanol–water partition coefficient (Wildman–Crippen LogP) is 4.39. The highest BCUT2D eigenvalue weighted by atomic mass is 32.1. The number of fused-ring (bicyclic) bond motifs is 1. The van der Waals surface area contributed by atoms with Gasteiger partial charge >= 0.3 is 12.1 Å². The van der Waals surface area contributed by atoms with E-state index in [-0.39, 0.29) is 6.54 Å². The van der Waals surface area contributed by atoms with E-state index in [1.807, 2.05) is 38.2 Å². The van der Waals surface area contributed by atoms with Crippen LogP contribution in [-0.4, -0.2) is 23.6 Å². The van der Waals surface area contributed by atoms with Crippen LogP contribution in [-0.2, 0) is 17.8 Å². The number of thiazole rings is 1. The Morgan fingerprint density at radius 2 is 2.04 bits per heavy atom. The van der Waals surface area contributed by atoms with Gasteiger partial charge in [-0.2, -0.15) is 13.2 Å². The molecule has 1 aliphatic carbocycles. The molecular weight excluding hydrogens is 375 g/mol. The number of rotatable bonds is 5. The van der Waals surface area contributed by atoms with Crippen molar-refractivity contribution in [2.45, 2.75) is 52.3 Å². The SMILES string of the molecule is Cc1cc(CNC(=O)C(F)(F)F)cc2c1C(CNc1nc(C)c(C)s1)CC2. The number of anilines is 1. The first-order chi connectivity index (χ1) is 12.6. The molecule has 1 heterocycles. The van der Waals surface area contributed by atoms with Crippen LogP contribution in [0.25, 0.3) is 0 Å². The summed E-state index contributed by atoms with van der Waals surface area (Å²) in [5, 5.41) is 6.27. The van der Waals surface area contributed by atoms with Crippen LogP contribution in [0.2, 0.25) is 0 Å². The standard InChI is InChI=1S/C19H22F3N3OS/c1-10-6-13(8-23-17(26)19(20,21)22)7-14-4-5-15(16(10)14)9-24-18-25-11(2)12(3)27-18/h6-7,15H,4-5,8-9H2,1-3H3,(H,23,26)(H,24,25). The fraction of sp³-hybridized carbons (Fsp3) is 0.474. The van der Waals surface area contributed by atoms with E-state index >= 15 is 0 Å². The Morgan fingerprint density at radius 3 is 2.67 bits per heavy atom. The van der Waals surface area contributed by atoms with Gasteiger partial charge in [0.25, 0.3) is 0 Å².